The summed E-state index contributed by atoms with van der Waals surface area (Å²) in [6, 6.07) is 14.9. The predicted octanol–water partition coefficient (Wildman–Crippen LogP) is 5.67. The van der Waals surface area contributed by atoms with Crippen molar-refractivity contribution in [2.24, 2.45) is 0 Å². The van der Waals surface area contributed by atoms with E-state index in [-0.39, 0.29) is 11.9 Å². The highest BCUT2D eigenvalue weighted by Gasteiger charge is 2.36. The van der Waals surface area contributed by atoms with Crippen LogP contribution in [0.2, 0.25) is 0 Å². The Hall–Kier alpha value is -3.18. The minimum Gasteiger partial charge on any atom is -0.493 e. The smallest absolute Gasteiger partial charge is 0.255 e. The van der Waals surface area contributed by atoms with Gasteiger partial charge in [0.1, 0.15) is 4.21 Å². The quantitative estimate of drug-likeness (QED) is 0.263. The first-order valence-electron chi connectivity index (χ1n) is 14.3. The third-order valence-electron chi connectivity index (χ3n) is 8.36. The summed E-state index contributed by atoms with van der Waals surface area (Å²) in [6.45, 7) is 5.98. The lowest BCUT2D eigenvalue weighted by Crippen LogP contribution is -2.31. The van der Waals surface area contributed by atoms with Gasteiger partial charge in [-0.1, -0.05) is 37.3 Å². The highest BCUT2D eigenvalue weighted by molar-refractivity contribution is 7.91. The molecule has 0 aliphatic carbocycles. The summed E-state index contributed by atoms with van der Waals surface area (Å²) in [4.78, 5) is 18.3. The zero-order valence-corrected chi connectivity index (χ0v) is 26.3. The van der Waals surface area contributed by atoms with Crippen LogP contribution in [-0.2, 0) is 16.6 Å². The molecule has 224 valence electrons. The summed E-state index contributed by atoms with van der Waals surface area (Å²) < 4.78 is 38.8. The summed E-state index contributed by atoms with van der Waals surface area (Å²) in [5, 5.41) is 1.77. The summed E-state index contributed by atoms with van der Waals surface area (Å²) in [6.07, 6.45) is 4.42. The molecule has 42 heavy (non-hydrogen) atoms. The second-order valence-corrected chi connectivity index (χ2v) is 13.9. The number of ether oxygens (including phenoxy) is 2. The molecule has 0 spiro atoms. The van der Waals surface area contributed by atoms with E-state index in [1.165, 1.54) is 21.2 Å². The molecule has 0 radical (unpaired) electrons. The number of likely N-dealkylation sites (N-methyl/N-ethyl adjacent to an activating group) is 1. The average molecular weight is 610 g/mol. The molecule has 0 saturated carbocycles. The number of nitrogens with zero attached hydrogens (tertiary/aromatic N) is 3. The molecule has 3 aromatic rings. The van der Waals surface area contributed by atoms with Crippen molar-refractivity contribution in [2.45, 2.75) is 43.0 Å². The molecule has 2 aromatic carbocycles. The number of hydrogen-bond donors (Lipinski definition) is 0. The summed E-state index contributed by atoms with van der Waals surface area (Å²) in [5.74, 6) is 1.21. The monoisotopic (exact) mass is 609 g/mol. The lowest BCUT2D eigenvalue weighted by atomic mass is 9.93. The number of fused-ring (bicyclic) bond motifs is 1. The highest BCUT2D eigenvalue weighted by atomic mass is 32.2. The van der Waals surface area contributed by atoms with E-state index < -0.39 is 10.0 Å². The molecule has 1 amide bonds. The Morgan fingerprint density at radius 1 is 1.05 bits per heavy atom. The third kappa shape index (κ3) is 5.99. The van der Waals surface area contributed by atoms with Crippen molar-refractivity contribution in [1.29, 1.82) is 0 Å². The van der Waals surface area contributed by atoms with Crippen molar-refractivity contribution in [3.8, 4) is 11.5 Å². The summed E-state index contributed by atoms with van der Waals surface area (Å²) in [5.41, 5.74) is 5.20. The van der Waals surface area contributed by atoms with Crippen molar-refractivity contribution < 1.29 is 22.7 Å². The zero-order chi connectivity index (χ0) is 29.9. The van der Waals surface area contributed by atoms with Gasteiger partial charge in [-0.05, 0) is 77.7 Å². The second-order valence-electron chi connectivity index (χ2n) is 10.7. The van der Waals surface area contributed by atoms with Gasteiger partial charge in [0, 0.05) is 38.8 Å². The van der Waals surface area contributed by atoms with Crippen LogP contribution in [0.4, 0.5) is 0 Å². The van der Waals surface area contributed by atoms with Crippen LogP contribution in [0.5, 0.6) is 11.5 Å². The minimum atomic E-state index is -3.55. The van der Waals surface area contributed by atoms with Crippen LogP contribution in [0.25, 0.3) is 5.57 Å². The Labute approximate surface area is 253 Å². The number of methoxy groups -OCH3 is 2. The van der Waals surface area contributed by atoms with Gasteiger partial charge in [0.25, 0.3) is 15.9 Å². The molecular formula is C32H39N3O5S2. The molecule has 2 aliphatic rings. The molecule has 8 nitrogen and oxygen atoms in total. The minimum absolute atomic E-state index is 0.00205. The highest BCUT2D eigenvalue weighted by Crippen LogP contribution is 2.40. The normalized spacial score (nSPS) is 16.5. The van der Waals surface area contributed by atoms with Gasteiger partial charge in [-0.15, -0.1) is 11.3 Å². The van der Waals surface area contributed by atoms with Crippen LogP contribution < -0.4 is 9.47 Å². The van der Waals surface area contributed by atoms with E-state index in [1.807, 2.05) is 35.2 Å². The van der Waals surface area contributed by atoms with Crippen LogP contribution >= 0.6 is 11.3 Å². The molecule has 0 N–H and O–H groups in total. The van der Waals surface area contributed by atoms with E-state index in [1.54, 1.807) is 38.8 Å². The van der Waals surface area contributed by atoms with Crippen molar-refractivity contribution >= 4 is 32.8 Å². The van der Waals surface area contributed by atoms with E-state index in [0.29, 0.717) is 41.6 Å². The Bertz CT molecular complexity index is 1550. The van der Waals surface area contributed by atoms with Gasteiger partial charge in [0.15, 0.2) is 11.5 Å². The largest absolute Gasteiger partial charge is 0.493 e. The number of thiophene rings is 1. The topological polar surface area (TPSA) is 79.4 Å². The molecule has 1 atom stereocenters. The lowest BCUT2D eigenvalue weighted by Gasteiger charge is -2.30. The first-order valence-corrected chi connectivity index (χ1v) is 16.7. The SMILES string of the molecule is CCN1CC=C(c2cccc3c2CN([C@H](CCCN(C)S(=O)(=O)c2cccs2)c2ccc(OC)c(OC)c2)C3=O)CC1. The summed E-state index contributed by atoms with van der Waals surface area (Å²) in [7, 11) is 1.26. The molecule has 3 heterocycles. The van der Waals surface area contributed by atoms with Crippen molar-refractivity contribution in [3.63, 3.8) is 0 Å². The second kappa shape index (κ2) is 13.0. The standard InChI is InChI=1S/C32H39N3O5S2/c1-5-34-18-15-23(16-19-34)25-9-6-10-26-27(25)22-35(32(26)36)28(24-13-14-29(39-3)30(21-24)40-4)11-7-17-33(2)42(37,38)31-12-8-20-41-31/h6,8-10,12-15,20-21,28H,5,7,11,16-19,22H2,1-4H3/t28-/m1/s1. The van der Waals surface area contributed by atoms with Gasteiger partial charge in [0.05, 0.1) is 20.3 Å². The number of amides is 1. The van der Waals surface area contributed by atoms with E-state index in [0.717, 1.165) is 48.3 Å². The Kier molecular flexibility index (Phi) is 9.37. The number of hydrogen-bond acceptors (Lipinski definition) is 7. The molecule has 0 saturated heterocycles. The molecule has 0 fully saturated rings. The molecule has 5 rings (SSSR count). The maximum atomic E-state index is 14.0. The molecule has 0 bridgehead atoms. The van der Waals surface area contributed by atoms with Crippen LogP contribution in [0.3, 0.4) is 0 Å². The molecular weight excluding hydrogens is 571 g/mol. The Morgan fingerprint density at radius 2 is 1.83 bits per heavy atom. The third-order valence-corrected chi connectivity index (χ3v) is 11.6. The Balaban J connectivity index is 1.42. The van der Waals surface area contributed by atoms with Crippen LogP contribution in [0.15, 0.2) is 64.2 Å². The fraction of sp³-hybridized carbons (Fsp3) is 0.406. The fourth-order valence-electron chi connectivity index (χ4n) is 5.90. The molecule has 10 heteroatoms. The van der Waals surface area contributed by atoms with E-state index in [4.69, 9.17) is 9.47 Å². The van der Waals surface area contributed by atoms with Crippen LogP contribution in [0.1, 0.15) is 59.3 Å². The Morgan fingerprint density at radius 3 is 2.50 bits per heavy atom. The molecule has 2 aliphatic heterocycles. The van der Waals surface area contributed by atoms with Crippen molar-refractivity contribution in [2.75, 3.05) is 47.4 Å². The van der Waals surface area contributed by atoms with Crippen molar-refractivity contribution in [3.05, 3.63) is 82.2 Å². The lowest BCUT2D eigenvalue weighted by molar-refractivity contribution is 0.0687. The maximum Gasteiger partial charge on any atom is 0.255 e. The van der Waals surface area contributed by atoms with Gasteiger partial charge >= 0.3 is 0 Å². The van der Waals surface area contributed by atoms with Gasteiger partial charge in [-0.25, -0.2) is 12.7 Å². The summed E-state index contributed by atoms with van der Waals surface area (Å²) >= 11 is 1.21. The van der Waals surface area contributed by atoms with Gasteiger partial charge in [-0.2, -0.15) is 0 Å². The number of benzene rings is 2. The van der Waals surface area contributed by atoms with Gasteiger partial charge < -0.3 is 14.4 Å². The number of sulfonamides is 1. The van der Waals surface area contributed by atoms with E-state index >= 15 is 0 Å². The maximum absolute atomic E-state index is 14.0. The number of carbonyl (C=O) groups is 1. The predicted molar refractivity (Wildman–Crippen MR) is 167 cm³/mol. The zero-order valence-electron chi connectivity index (χ0n) is 24.7. The van der Waals surface area contributed by atoms with Crippen molar-refractivity contribution in [1.82, 2.24) is 14.1 Å². The van der Waals surface area contributed by atoms with Gasteiger partial charge in [-0.3, -0.25) is 9.69 Å². The number of rotatable bonds is 12. The van der Waals surface area contributed by atoms with E-state index in [9.17, 15) is 13.2 Å². The first-order chi connectivity index (χ1) is 20.3. The van der Waals surface area contributed by atoms with Crippen LogP contribution in [0, 0.1) is 0 Å². The molecule has 0 unspecified atom stereocenters. The molecule has 1 aromatic heterocycles. The average Bonchev–Trinajstić information content (AvgIpc) is 3.68. The fourth-order valence-corrected chi connectivity index (χ4v) is 8.31. The van der Waals surface area contributed by atoms with Crippen LogP contribution in [-0.4, -0.2) is 75.9 Å². The van der Waals surface area contributed by atoms with E-state index in [2.05, 4.69) is 24.0 Å². The van der Waals surface area contributed by atoms with Gasteiger partial charge in [0.2, 0.25) is 0 Å². The first kappa shape index (κ1) is 30.3. The number of carbonyl (C=O) groups excluding carboxylic acids is 1.